The number of quaternary nitrogens is 1. The van der Waals surface area contributed by atoms with Gasteiger partial charge in [0.15, 0.2) is 0 Å². The molecule has 0 aromatic heterocycles. The van der Waals surface area contributed by atoms with Crippen molar-refractivity contribution in [2.24, 2.45) is 0 Å². The summed E-state index contributed by atoms with van der Waals surface area (Å²) in [6, 6.07) is 0. The first-order valence-corrected chi connectivity index (χ1v) is 15.9. The molecule has 0 bridgehead atoms. The van der Waals surface area contributed by atoms with Crippen molar-refractivity contribution in [1.82, 2.24) is 0 Å². The van der Waals surface area contributed by atoms with E-state index in [1.165, 1.54) is 70.6 Å². The lowest BCUT2D eigenvalue weighted by molar-refractivity contribution is -0.915. The zero-order chi connectivity index (χ0) is 25.7. The Hall–Kier alpha value is -0.0100. The summed E-state index contributed by atoms with van der Waals surface area (Å²) in [6.45, 7) is 7.10. The number of phosphoric acid groups is 1. The van der Waals surface area contributed by atoms with Crippen LogP contribution >= 0.6 is 7.82 Å². The smallest absolute Gasteiger partial charge is 0.268 e. The maximum atomic E-state index is 12.2. The van der Waals surface area contributed by atoms with Crippen molar-refractivity contribution < 1.29 is 32.5 Å². The van der Waals surface area contributed by atoms with E-state index in [2.05, 4.69) is 14.0 Å². The quantitative estimate of drug-likeness (QED) is 0.0850. The summed E-state index contributed by atoms with van der Waals surface area (Å²) in [5, 5.41) is 0. The molecular formula is C27H56NO6P. The van der Waals surface area contributed by atoms with Crippen LogP contribution in [0.3, 0.4) is 0 Å². The molecule has 1 saturated heterocycles. The van der Waals surface area contributed by atoms with Crippen LogP contribution in [-0.4, -0.2) is 70.8 Å². The molecule has 0 spiro atoms. The van der Waals surface area contributed by atoms with Gasteiger partial charge in [-0.3, -0.25) is 4.57 Å². The summed E-state index contributed by atoms with van der Waals surface area (Å²) in [5.41, 5.74) is 0. The van der Waals surface area contributed by atoms with Crippen LogP contribution in [0.2, 0.25) is 0 Å². The lowest BCUT2D eigenvalue weighted by atomic mass is 10.0. The standard InChI is InChI=1S/C27H56NO6P/c1-4-5-6-7-8-9-10-11-12-13-14-15-16-17-23-33-35(29,30)34-27-18-20-28(2,21-19-27)22-24-32-26-25-31-3/h27H,4-26H2,1-3H3. The number of hydrogen-bond donors (Lipinski definition) is 0. The number of piperidine rings is 1. The largest absolute Gasteiger partial charge is 0.756 e. The number of ether oxygens (including phenoxy) is 2. The zero-order valence-electron chi connectivity index (χ0n) is 23.2. The van der Waals surface area contributed by atoms with Crippen LogP contribution in [-0.2, 0) is 23.1 Å². The molecule has 35 heavy (non-hydrogen) atoms. The Morgan fingerprint density at radius 2 is 1.29 bits per heavy atom. The van der Waals surface area contributed by atoms with Crippen molar-refractivity contribution >= 4 is 7.82 Å². The second kappa shape index (κ2) is 21.0. The van der Waals surface area contributed by atoms with Crippen molar-refractivity contribution in [3.05, 3.63) is 0 Å². The molecule has 0 amide bonds. The first kappa shape index (κ1) is 33.0. The van der Waals surface area contributed by atoms with Gasteiger partial charge in [0.1, 0.15) is 6.54 Å². The topological polar surface area (TPSA) is 77.1 Å². The van der Waals surface area contributed by atoms with Gasteiger partial charge in [-0.05, 0) is 6.42 Å². The molecule has 0 saturated carbocycles. The fourth-order valence-corrected chi connectivity index (χ4v) is 5.70. The predicted octanol–water partition coefficient (Wildman–Crippen LogP) is 6.24. The molecule has 0 aromatic carbocycles. The van der Waals surface area contributed by atoms with Crippen molar-refractivity contribution in [2.45, 2.75) is 116 Å². The summed E-state index contributed by atoms with van der Waals surface area (Å²) < 4.78 is 34.2. The van der Waals surface area contributed by atoms with Crippen molar-refractivity contribution in [1.29, 1.82) is 0 Å². The van der Waals surface area contributed by atoms with E-state index in [9.17, 15) is 9.46 Å². The summed E-state index contributed by atoms with van der Waals surface area (Å²) in [7, 11) is -0.358. The van der Waals surface area contributed by atoms with Gasteiger partial charge >= 0.3 is 0 Å². The van der Waals surface area contributed by atoms with Gasteiger partial charge in [-0.1, -0.05) is 90.4 Å². The van der Waals surface area contributed by atoms with Gasteiger partial charge in [-0.15, -0.1) is 0 Å². The van der Waals surface area contributed by atoms with E-state index in [4.69, 9.17) is 18.5 Å². The lowest BCUT2D eigenvalue weighted by Gasteiger charge is -2.41. The molecule has 0 aromatic rings. The highest BCUT2D eigenvalue weighted by molar-refractivity contribution is 7.45. The Labute approximate surface area is 216 Å². The van der Waals surface area contributed by atoms with E-state index in [1.54, 1.807) is 7.11 Å². The molecule has 1 aliphatic rings. The van der Waals surface area contributed by atoms with Crippen LogP contribution in [0.1, 0.15) is 110 Å². The van der Waals surface area contributed by atoms with E-state index in [0.717, 1.165) is 56.2 Å². The van der Waals surface area contributed by atoms with Crippen LogP contribution < -0.4 is 4.89 Å². The SMILES string of the molecule is CCCCCCCCCCCCCCCCOP(=O)([O-])OC1CC[N+](C)(CCOCCOC)CC1. The van der Waals surface area contributed by atoms with Gasteiger partial charge in [-0.2, -0.15) is 0 Å². The minimum Gasteiger partial charge on any atom is -0.756 e. The molecule has 1 aliphatic heterocycles. The highest BCUT2D eigenvalue weighted by atomic mass is 31.2. The third-order valence-electron chi connectivity index (χ3n) is 7.21. The van der Waals surface area contributed by atoms with Crippen LogP contribution in [0.15, 0.2) is 0 Å². The average molecular weight is 522 g/mol. The average Bonchev–Trinajstić information content (AvgIpc) is 2.83. The summed E-state index contributed by atoms with van der Waals surface area (Å²) in [4.78, 5) is 12.2. The normalized spacial score (nSPS) is 22.3. The molecule has 1 rings (SSSR count). The third kappa shape index (κ3) is 18.8. The number of likely N-dealkylation sites (N-methyl/N-ethyl adjacent to an activating group) is 1. The van der Waals surface area contributed by atoms with Crippen LogP contribution in [0.25, 0.3) is 0 Å². The van der Waals surface area contributed by atoms with E-state index in [-0.39, 0.29) is 12.7 Å². The number of unbranched alkanes of at least 4 members (excludes halogenated alkanes) is 13. The predicted molar refractivity (Wildman–Crippen MR) is 141 cm³/mol. The molecular weight excluding hydrogens is 465 g/mol. The van der Waals surface area contributed by atoms with E-state index < -0.39 is 7.82 Å². The van der Waals surface area contributed by atoms with Crippen molar-refractivity contribution in [3.63, 3.8) is 0 Å². The Morgan fingerprint density at radius 3 is 1.80 bits per heavy atom. The molecule has 1 unspecified atom stereocenters. The second-order valence-electron chi connectivity index (χ2n) is 10.6. The van der Waals surface area contributed by atoms with Gasteiger partial charge in [0.2, 0.25) is 0 Å². The van der Waals surface area contributed by atoms with Gasteiger partial charge in [-0.25, -0.2) is 0 Å². The third-order valence-corrected chi connectivity index (χ3v) is 8.27. The molecule has 1 fully saturated rings. The van der Waals surface area contributed by atoms with E-state index in [1.807, 2.05) is 0 Å². The van der Waals surface area contributed by atoms with Gasteiger partial charge in [0.05, 0.1) is 52.7 Å². The minimum absolute atomic E-state index is 0.234. The minimum atomic E-state index is -4.22. The number of rotatable bonds is 24. The first-order chi connectivity index (χ1) is 16.9. The number of nitrogens with zero attached hydrogens (tertiary/aromatic N) is 1. The lowest BCUT2D eigenvalue weighted by Crippen LogP contribution is -2.52. The highest BCUT2D eigenvalue weighted by Crippen LogP contribution is 2.42. The molecule has 1 heterocycles. The fourth-order valence-electron chi connectivity index (χ4n) is 4.71. The number of hydrogen-bond acceptors (Lipinski definition) is 6. The fraction of sp³-hybridized carbons (Fsp3) is 1.00. The summed E-state index contributed by atoms with van der Waals surface area (Å²) in [6.07, 6.45) is 19.0. The van der Waals surface area contributed by atoms with Gasteiger partial charge < -0.3 is 27.9 Å². The van der Waals surface area contributed by atoms with Crippen LogP contribution in [0, 0.1) is 0 Å². The first-order valence-electron chi connectivity index (χ1n) is 14.4. The van der Waals surface area contributed by atoms with Crippen molar-refractivity contribution in [2.75, 3.05) is 60.2 Å². The van der Waals surface area contributed by atoms with Crippen LogP contribution in [0.5, 0.6) is 0 Å². The summed E-state index contributed by atoms with van der Waals surface area (Å²) >= 11 is 0. The Kier molecular flexibility index (Phi) is 19.8. The number of phosphoric ester groups is 1. The molecule has 8 heteroatoms. The molecule has 1 atom stereocenters. The Bertz CT molecular complexity index is 528. The second-order valence-corrected chi connectivity index (χ2v) is 11.9. The number of likely N-dealkylation sites (tertiary alicyclic amines) is 1. The van der Waals surface area contributed by atoms with Crippen molar-refractivity contribution in [3.8, 4) is 0 Å². The zero-order valence-corrected chi connectivity index (χ0v) is 24.1. The molecule has 0 radical (unpaired) electrons. The van der Waals surface area contributed by atoms with E-state index in [0.29, 0.717) is 19.8 Å². The summed E-state index contributed by atoms with van der Waals surface area (Å²) in [5.74, 6) is 0. The maximum Gasteiger partial charge on any atom is 0.268 e. The Balaban J connectivity index is 1.96. The molecule has 7 nitrogen and oxygen atoms in total. The van der Waals surface area contributed by atoms with Gasteiger partial charge in [0, 0.05) is 20.0 Å². The maximum absolute atomic E-state index is 12.2. The van der Waals surface area contributed by atoms with Crippen LogP contribution in [0.4, 0.5) is 0 Å². The number of methoxy groups -OCH3 is 1. The Morgan fingerprint density at radius 1 is 0.771 bits per heavy atom. The molecule has 0 N–H and O–H groups in total. The molecule has 210 valence electrons. The van der Waals surface area contributed by atoms with E-state index >= 15 is 0 Å². The monoisotopic (exact) mass is 521 g/mol. The molecule has 0 aliphatic carbocycles. The van der Waals surface area contributed by atoms with Gasteiger partial charge in [0.25, 0.3) is 7.82 Å². The highest BCUT2D eigenvalue weighted by Gasteiger charge is 2.32.